The first-order chi connectivity index (χ1) is 9.32. The highest BCUT2D eigenvalue weighted by molar-refractivity contribution is 5.95. The van der Waals surface area contributed by atoms with Crippen molar-refractivity contribution < 1.29 is 13.7 Å². The van der Waals surface area contributed by atoms with Crippen LogP contribution in [0.3, 0.4) is 0 Å². The molecule has 0 aromatic heterocycles. The van der Waals surface area contributed by atoms with Crippen LogP contribution < -0.4 is 16.8 Å². The van der Waals surface area contributed by atoms with Gasteiger partial charge >= 0.3 is 5.70 Å². The van der Waals surface area contributed by atoms with Crippen molar-refractivity contribution in [2.45, 2.75) is 12.2 Å². The number of hydrogen-bond acceptors (Lipinski definition) is 6. The second kappa shape index (κ2) is 4.85. The van der Waals surface area contributed by atoms with E-state index in [1.54, 1.807) is 0 Å². The van der Waals surface area contributed by atoms with Gasteiger partial charge in [-0.3, -0.25) is 15.8 Å². The monoisotopic (exact) mass is 283 g/mol. The third-order valence-corrected chi connectivity index (χ3v) is 2.75. The van der Waals surface area contributed by atoms with E-state index in [0.717, 1.165) is 18.3 Å². The van der Waals surface area contributed by atoms with E-state index < -0.39 is 33.9 Å². The van der Waals surface area contributed by atoms with E-state index in [9.17, 15) is 18.9 Å². The van der Waals surface area contributed by atoms with Crippen molar-refractivity contribution in [3.8, 4) is 0 Å². The Labute approximate surface area is 112 Å². The van der Waals surface area contributed by atoms with Crippen LogP contribution in [-0.4, -0.2) is 16.5 Å². The third kappa shape index (κ3) is 2.57. The van der Waals surface area contributed by atoms with E-state index in [1.165, 1.54) is 6.07 Å². The number of benzene rings is 1. The Bertz CT molecular complexity index is 611. The molecule has 1 aromatic carbocycles. The van der Waals surface area contributed by atoms with Gasteiger partial charge in [-0.1, -0.05) is 6.07 Å². The Kier molecular flexibility index (Phi) is 3.36. The summed E-state index contributed by atoms with van der Waals surface area (Å²) in [5, 5.41) is 13.1. The Balaban J connectivity index is 2.29. The summed E-state index contributed by atoms with van der Waals surface area (Å²) >= 11 is 0. The molecular weight excluding hydrogens is 272 g/mol. The quantitative estimate of drug-likeness (QED) is 0.540. The molecule has 7 nitrogen and oxygen atoms in total. The van der Waals surface area contributed by atoms with Crippen LogP contribution in [-0.2, 0) is 6.42 Å². The average molecular weight is 283 g/mol. The predicted molar refractivity (Wildman–Crippen MR) is 66.8 cm³/mol. The highest BCUT2D eigenvalue weighted by atomic mass is 19.1. The number of nitrogens with zero attached hydrogens (tertiary/aromatic N) is 2. The van der Waals surface area contributed by atoms with E-state index in [1.807, 2.05) is 0 Å². The summed E-state index contributed by atoms with van der Waals surface area (Å²) in [6, 6.07) is 3.37. The van der Waals surface area contributed by atoms with Gasteiger partial charge < -0.3 is 11.1 Å². The van der Waals surface area contributed by atoms with Gasteiger partial charge in [0.2, 0.25) is 5.84 Å². The largest absolute Gasteiger partial charge is 0.378 e. The van der Waals surface area contributed by atoms with Gasteiger partial charge in [-0.05, 0) is 12.1 Å². The van der Waals surface area contributed by atoms with Gasteiger partial charge in [-0.25, -0.2) is 13.8 Å². The van der Waals surface area contributed by atoms with Crippen LogP contribution in [0.4, 0.5) is 8.78 Å². The van der Waals surface area contributed by atoms with E-state index >= 15 is 0 Å². The molecule has 0 aliphatic carbocycles. The molecule has 0 spiro atoms. The molecule has 1 aliphatic heterocycles. The van der Waals surface area contributed by atoms with Crippen molar-refractivity contribution in [2.24, 2.45) is 16.5 Å². The Hall–Kier alpha value is -2.55. The maximum atomic E-state index is 13.6. The van der Waals surface area contributed by atoms with Crippen LogP contribution in [0, 0.1) is 21.7 Å². The first kappa shape index (κ1) is 13.9. The lowest BCUT2D eigenvalue weighted by molar-refractivity contribution is -0.416. The zero-order chi connectivity index (χ0) is 14.9. The second-order valence-electron chi connectivity index (χ2n) is 4.23. The number of nitrogens with two attached hydrogens (primary N) is 2. The maximum Gasteiger partial charge on any atom is 0.326 e. The summed E-state index contributed by atoms with van der Waals surface area (Å²) in [4.78, 5) is 13.6. The van der Waals surface area contributed by atoms with E-state index in [-0.39, 0.29) is 12.0 Å². The molecule has 0 saturated carbocycles. The SMILES string of the molecule is NC1=NC(N)(Cc2c(F)cccc2F)NC=C1[N+](=O)[O-]. The van der Waals surface area contributed by atoms with Gasteiger partial charge in [0.25, 0.3) is 0 Å². The average Bonchev–Trinajstić information content (AvgIpc) is 2.33. The van der Waals surface area contributed by atoms with Crippen LogP contribution in [0.5, 0.6) is 0 Å². The van der Waals surface area contributed by atoms with Crippen LogP contribution >= 0.6 is 0 Å². The molecular formula is C11H11F2N5O2. The Morgan fingerprint density at radius 2 is 2.00 bits per heavy atom. The van der Waals surface area contributed by atoms with Crippen molar-refractivity contribution in [1.29, 1.82) is 0 Å². The molecule has 0 bridgehead atoms. The molecule has 1 atom stereocenters. The topological polar surface area (TPSA) is 120 Å². The third-order valence-electron chi connectivity index (χ3n) is 2.75. The summed E-state index contributed by atoms with van der Waals surface area (Å²) in [7, 11) is 0. The normalized spacial score (nSPS) is 21.8. The maximum absolute atomic E-state index is 13.6. The standard InChI is InChI=1S/C11H11F2N5O2/c12-7-2-1-3-8(13)6(7)4-11(15)16-5-9(18(19)20)10(14)17-11/h1-3,5,16H,4,15H2,(H2,14,17). The summed E-state index contributed by atoms with van der Waals surface area (Å²) < 4.78 is 27.1. The summed E-state index contributed by atoms with van der Waals surface area (Å²) in [6.07, 6.45) is 0.606. The van der Waals surface area contributed by atoms with Gasteiger partial charge in [0.15, 0.2) is 5.79 Å². The smallest absolute Gasteiger partial charge is 0.326 e. The number of amidine groups is 1. The van der Waals surface area contributed by atoms with Gasteiger partial charge in [-0.2, -0.15) is 0 Å². The highest BCUT2D eigenvalue weighted by Gasteiger charge is 2.33. The number of hydrogen-bond donors (Lipinski definition) is 3. The van der Waals surface area contributed by atoms with Crippen molar-refractivity contribution in [3.63, 3.8) is 0 Å². The molecule has 5 N–H and O–H groups in total. The fourth-order valence-electron chi connectivity index (χ4n) is 1.78. The minimum absolute atomic E-state index is 0.281. The molecule has 0 amide bonds. The molecule has 1 aliphatic rings. The van der Waals surface area contributed by atoms with Crippen LogP contribution in [0.15, 0.2) is 35.1 Å². The van der Waals surface area contributed by atoms with Crippen LogP contribution in [0.1, 0.15) is 5.56 Å². The number of rotatable bonds is 3. The first-order valence-electron chi connectivity index (χ1n) is 5.52. The Morgan fingerprint density at radius 3 is 2.50 bits per heavy atom. The summed E-state index contributed by atoms with van der Waals surface area (Å²) in [5.41, 5.74) is 10.5. The van der Waals surface area contributed by atoms with Crippen LogP contribution in [0.25, 0.3) is 0 Å². The van der Waals surface area contributed by atoms with Crippen molar-refractivity contribution in [2.75, 3.05) is 0 Å². The number of nitrogens with one attached hydrogen (secondary N) is 1. The summed E-state index contributed by atoms with van der Waals surface area (Å²) in [6.45, 7) is 0. The van der Waals surface area contributed by atoms with E-state index in [4.69, 9.17) is 11.5 Å². The van der Waals surface area contributed by atoms with Crippen molar-refractivity contribution in [3.05, 3.63) is 57.4 Å². The molecule has 20 heavy (non-hydrogen) atoms. The lowest BCUT2D eigenvalue weighted by Crippen LogP contribution is -2.55. The minimum Gasteiger partial charge on any atom is -0.378 e. The molecule has 9 heteroatoms. The van der Waals surface area contributed by atoms with E-state index in [2.05, 4.69) is 10.3 Å². The fourth-order valence-corrected chi connectivity index (χ4v) is 1.78. The van der Waals surface area contributed by atoms with Gasteiger partial charge in [0.05, 0.1) is 11.1 Å². The van der Waals surface area contributed by atoms with Crippen LogP contribution in [0.2, 0.25) is 0 Å². The Morgan fingerprint density at radius 1 is 1.40 bits per heavy atom. The molecule has 1 aromatic rings. The number of halogens is 2. The van der Waals surface area contributed by atoms with Gasteiger partial charge in [-0.15, -0.1) is 0 Å². The molecule has 0 fully saturated rings. The zero-order valence-corrected chi connectivity index (χ0v) is 10.1. The van der Waals surface area contributed by atoms with Gasteiger partial charge in [0.1, 0.15) is 11.6 Å². The van der Waals surface area contributed by atoms with E-state index in [0.29, 0.717) is 0 Å². The summed E-state index contributed by atoms with van der Waals surface area (Å²) in [5.74, 6) is -3.62. The zero-order valence-electron chi connectivity index (χ0n) is 10.1. The molecule has 106 valence electrons. The highest BCUT2D eigenvalue weighted by Crippen LogP contribution is 2.20. The van der Waals surface area contributed by atoms with Crippen molar-refractivity contribution >= 4 is 5.84 Å². The number of nitro groups is 1. The minimum atomic E-state index is -1.65. The molecule has 0 radical (unpaired) electrons. The molecule has 0 saturated heterocycles. The van der Waals surface area contributed by atoms with Crippen molar-refractivity contribution in [1.82, 2.24) is 5.32 Å². The predicted octanol–water partition coefficient (Wildman–Crippen LogP) is 0.198. The fraction of sp³-hybridized carbons (Fsp3) is 0.182. The second-order valence-corrected chi connectivity index (χ2v) is 4.23. The molecule has 1 unspecified atom stereocenters. The molecule has 2 rings (SSSR count). The lowest BCUT2D eigenvalue weighted by Gasteiger charge is -2.28. The first-order valence-corrected chi connectivity index (χ1v) is 5.52. The van der Waals surface area contributed by atoms with Gasteiger partial charge in [0, 0.05) is 12.0 Å². The lowest BCUT2D eigenvalue weighted by atomic mass is 10.0. The molecule has 1 heterocycles. The number of aliphatic imine (C=N–C) groups is 1.